The van der Waals surface area contributed by atoms with E-state index in [1.165, 1.54) is 0 Å². The summed E-state index contributed by atoms with van der Waals surface area (Å²) in [5, 5.41) is 11.4. The summed E-state index contributed by atoms with van der Waals surface area (Å²) in [7, 11) is 0. The van der Waals surface area contributed by atoms with Crippen molar-refractivity contribution >= 4 is 17.6 Å². The predicted molar refractivity (Wildman–Crippen MR) is 107 cm³/mol. The fourth-order valence-electron chi connectivity index (χ4n) is 2.54. The standard InChI is InChI=1S/C22H25ClO3/c1-14(2)21(25)26-11-10-16-12-17(22(3,4)5)13-19(20(16)24)15-6-8-18(23)9-7-15/h6-9,12-13,24H,1,10-11H2,2-5H3. The van der Waals surface area contributed by atoms with Crippen molar-refractivity contribution in [3.05, 3.63) is 64.7 Å². The highest BCUT2D eigenvalue weighted by Gasteiger charge is 2.19. The molecule has 0 heterocycles. The van der Waals surface area contributed by atoms with Gasteiger partial charge in [0.05, 0.1) is 6.61 Å². The van der Waals surface area contributed by atoms with Gasteiger partial charge in [-0.3, -0.25) is 0 Å². The first-order valence-electron chi connectivity index (χ1n) is 8.54. The summed E-state index contributed by atoms with van der Waals surface area (Å²) >= 11 is 5.98. The van der Waals surface area contributed by atoms with E-state index in [1.54, 1.807) is 19.1 Å². The highest BCUT2D eigenvalue weighted by Crippen LogP contribution is 2.37. The van der Waals surface area contributed by atoms with E-state index in [1.807, 2.05) is 24.3 Å². The normalized spacial score (nSPS) is 11.3. The minimum atomic E-state index is -0.422. The molecule has 0 bridgehead atoms. The van der Waals surface area contributed by atoms with Crippen molar-refractivity contribution in [2.75, 3.05) is 6.61 Å². The predicted octanol–water partition coefficient (Wildman–Crippen LogP) is 5.67. The number of phenolic OH excluding ortho intramolecular Hbond substituents is 1. The molecule has 0 saturated carbocycles. The number of rotatable bonds is 5. The maximum absolute atomic E-state index is 11.6. The lowest BCUT2D eigenvalue weighted by molar-refractivity contribution is -0.138. The number of ether oxygens (including phenoxy) is 1. The Morgan fingerprint density at radius 1 is 1.19 bits per heavy atom. The van der Waals surface area contributed by atoms with Gasteiger partial charge < -0.3 is 9.84 Å². The van der Waals surface area contributed by atoms with Crippen molar-refractivity contribution in [3.8, 4) is 16.9 Å². The van der Waals surface area contributed by atoms with Crippen molar-refractivity contribution in [2.45, 2.75) is 39.5 Å². The van der Waals surface area contributed by atoms with Gasteiger partial charge in [0.25, 0.3) is 0 Å². The second-order valence-corrected chi connectivity index (χ2v) is 7.89. The van der Waals surface area contributed by atoms with E-state index in [2.05, 4.69) is 27.4 Å². The van der Waals surface area contributed by atoms with Crippen molar-refractivity contribution in [3.63, 3.8) is 0 Å². The number of esters is 1. The van der Waals surface area contributed by atoms with Crippen LogP contribution in [-0.4, -0.2) is 17.7 Å². The molecule has 0 aromatic heterocycles. The Morgan fingerprint density at radius 3 is 2.35 bits per heavy atom. The molecule has 0 saturated heterocycles. The van der Waals surface area contributed by atoms with Crippen LogP contribution in [0.4, 0.5) is 0 Å². The molecule has 2 aromatic carbocycles. The second-order valence-electron chi connectivity index (χ2n) is 7.45. The Bertz CT molecular complexity index is 815. The van der Waals surface area contributed by atoms with Crippen LogP contribution in [0.2, 0.25) is 5.02 Å². The second kappa shape index (κ2) is 7.96. The molecular weight excluding hydrogens is 348 g/mol. The van der Waals surface area contributed by atoms with Crippen LogP contribution in [0.15, 0.2) is 48.6 Å². The molecule has 0 fully saturated rings. The van der Waals surface area contributed by atoms with E-state index in [-0.39, 0.29) is 17.8 Å². The molecule has 0 unspecified atom stereocenters. The van der Waals surface area contributed by atoms with Crippen LogP contribution in [0.5, 0.6) is 5.75 Å². The molecule has 0 atom stereocenters. The van der Waals surface area contributed by atoms with Gasteiger partial charge in [-0.15, -0.1) is 0 Å². The summed E-state index contributed by atoms with van der Waals surface area (Å²) in [6, 6.07) is 11.3. The molecule has 0 amide bonds. The lowest BCUT2D eigenvalue weighted by Gasteiger charge is -2.22. The van der Waals surface area contributed by atoms with Gasteiger partial charge in [0, 0.05) is 22.6 Å². The molecule has 0 aliphatic carbocycles. The fraction of sp³-hybridized carbons (Fsp3) is 0.318. The number of carbonyl (C=O) groups excluding carboxylic acids is 1. The van der Waals surface area contributed by atoms with Crippen LogP contribution in [0.3, 0.4) is 0 Å². The monoisotopic (exact) mass is 372 g/mol. The van der Waals surface area contributed by atoms with Crippen LogP contribution in [0.1, 0.15) is 38.8 Å². The number of aromatic hydroxyl groups is 1. The van der Waals surface area contributed by atoms with Gasteiger partial charge in [-0.25, -0.2) is 4.79 Å². The molecule has 4 heteroatoms. The fourth-order valence-corrected chi connectivity index (χ4v) is 2.67. The molecular formula is C22H25ClO3. The summed E-state index contributed by atoms with van der Waals surface area (Å²) in [4.78, 5) is 11.6. The molecule has 2 rings (SSSR count). The molecule has 3 nitrogen and oxygen atoms in total. The smallest absolute Gasteiger partial charge is 0.333 e. The number of phenols is 1. The van der Waals surface area contributed by atoms with Crippen LogP contribution < -0.4 is 0 Å². The highest BCUT2D eigenvalue weighted by atomic mass is 35.5. The topological polar surface area (TPSA) is 46.5 Å². The van der Waals surface area contributed by atoms with E-state index in [9.17, 15) is 9.90 Å². The average Bonchev–Trinajstić information content (AvgIpc) is 2.56. The van der Waals surface area contributed by atoms with Crippen LogP contribution in [0, 0.1) is 0 Å². The summed E-state index contributed by atoms with van der Waals surface area (Å²) in [5.41, 5.74) is 3.75. The SMILES string of the molecule is C=C(C)C(=O)OCCc1cc(C(C)(C)C)cc(-c2ccc(Cl)cc2)c1O. The van der Waals surface area contributed by atoms with Gasteiger partial charge in [0.2, 0.25) is 0 Å². The Balaban J connectivity index is 2.40. The number of hydrogen-bond acceptors (Lipinski definition) is 3. The first-order chi connectivity index (χ1) is 12.1. The Morgan fingerprint density at radius 2 is 1.81 bits per heavy atom. The maximum Gasteiger partial charge on any atom is 0.333 e. The summed E-state index contributed by atoms with van der Waals surface area (Å²) < 4.78 is 5.18. The highest BCUT2D eigenvalue weighted by molar-refractivity contribution is 6.30. The van der Waals surface area contributed by atoms with E-state index in [4.69, 9.17) is 16.3 Å². The minimum Gasteiger partial charge on any atom is -0.507 e. The quantitative estimate of drug-likeness (QED) is 0.543. The molecule has 138 valence electrons. The third-order valence-corrected chi connectivity index (χ3v) is 4.42. The van der Waals surface area contributed by atoms with E-state index >= 15 is 0 Å². The van der Waals surface area contributed by atoms with Crippen molar-refractivity contribution in [1.29, 1.82) is 0 Å². The lowest BCUT2D eigenvalue weighted by Crippen LogP contribution is -2.13. The zero-order valence-electron chi connectivity index (χ0n) is 15.7. The molecule has 0 radical (unpaired) electrons. The average molecular weight is 373 g/mol. The molecule has 1 N–H and O–H groups in total. The van der Waals surface area contributed by atoms with Gasteiger partial charge in [-0.2, -0.15) is 0 Å². The summed E-state index contributed by atoms with van der Waals surface area (Å²) in [6.07, 6.45) is 0.426. The van der Waals surface area contributed by atoms with Crippen molar-refractivity contribution in [1.82, 2.24) is 0 Å². The number of hydrogen-bond donors (Lipinski definition) is 1. The van der Waals surface area contributed by atoms with Gasteiger partial charge in [0.15, 0.2) is 0 Å². The molecule has 0 aliphatic rings. The van der Waals surface area contributed by atoms with E-state index in [0.29, 0.717) is 17.0 Å². The zero-order valence-corrected chi connectivity index (χ0v) is 16.5. The Hall–Kier alpha value is -2.26. The number of benzene rings is 2. The zero-order chi connectivity index (χ0) is 19.5. The largest absolute Gasteiger partial charge is 0.507 e. The summed E-state index contributed by atoms with van der Waals surface area (Å²) in [6.45, 7) is 11.7. The van der Waals surface area contributed by atoms with Crippen LogP contribution in [0.25, 0.3) is 11.1 Å². The van der Waals surface area contributed by atoms with Gasteiger partial charge >= 0.3 is 5.97 Å². The van der Waals surface area contributed by atoms with Crippen LogP contribution >= 0.6 is 11.6 Å². The third kappa shape index (κ3) is 4.89. The number of halogens is 1. The van der Waals surface area contributed by atoms with Gasteiger partial charge in [-0.05, 0) is 47.2 Å². The lowest BCUT2D eigenvalue weighted by atomic mass is 9.83. The Labute approximate surface area is 160 Å². The maximum atomic E-state index is 11.6. The van der Waals surface area contributed by atoms with E-state index < -0.39 is 5.97 Å². The first kappa shape index (κ1) is 20.1. The third-order valence-electron chi connectivity index (χ3n) is 4.16. The minimum absolute atomic E-state index is 0.0853. The van der Waals surface area contributed by atoms with Crippen molar-refractivity contribution in [2.24, 2.45) is 0 Å². The molecule has 0 spiro atoms. The van der Waals surface area contributed by atoms with E-state index in [0.717, 1.165) is 22.3 Å². The van der Waals surface area contributed by atoms with Crippen molar-refractivity contribution < 1.29 is 14.6 Å². The molecule has 2 aromatic rings. The summed E-state index contributed by atoms with van der Waals surface area (Å²) in [5.74, 6) is -0.221. The van der Waals surface area contributed by atoms with Crippen LogP contribution in [-0.2, 0) is 21.4 Å². The van der Waals surface area contributed by atoms with Gasteiger partial charge in [-0.1, -0.05) is 57.2 Å². The van der Waals surface area contributed by atoms with Gasteiger partial charge in [0.1, 0.15) is 5.75 Å². The Kier molecular flexibility index (Phi) is 6.14. The molecule has 26 heavy (non-hydrogen) atoms. The molecule has 0 aliphatic heterocycles. The number of carbonyl (C=O) groups is 1. The first-order valence-corrected chi connectivity index (χ1v) is 8.92.